The molecule has 0 unspecified atom stereocenters. The van der Waals surface area contributed by atoms with Crippen LogP contribution >= 0.6 is 0 Å². The maximum atomic E-state index is 6.34. The van der Waals surface area contributed by atoms with Gasteiger partial charge in [0.05, 0.1) is 27.4 Å². The Balaban J connectivity index is 1.28. The Morgan fingerprint density at radius 3 is 1.05 bits per heavy atom. The lowest BCUT2D eigenvalue weighted by Crippen LogP contribution is -2.28. The summed E-state index contributed by atoms with van der Waals surface area (Å²) in [6.45, 7) is 10.6. The number of methoxy groups -OCH3 is 2. The zero-order valence-electron chi connectivity index (χ0n) is 33.1. The summed E-state index contributed by atoms with van der Waals surface area (Å²) in [6.07, 6.45) is 0. The van der Waals surface area contributed by atoms with Crippen molar-refractivity contribution in [3.05, 3.63) is 198 Å². The van der Waals surface area contributed by atoms with E-state index >= 15 is 0 Å². The molecule has 8 bridgehead atoms. The lowest BCUT2D eigenvalue weighted by atomic mass is 9.95. The van der Waals surface area contributed by atoms with Crippen LogP contribution in [0.15, 0.2) is 154 Å². The molecule has 6 nitrogen and oxygen atoms in total. The first-order valence-corrected chi connectivity index (χ1v) is 19.0. The summed E-state index contributed by atoms with van der Waals surface area (Å²) in [7, 11) is 3.37. The van der Waals surface area contributed by atoms with E-state index in [0.717, 1.165) is 77.7 Å². The maximum Gasteiger partial charge on any atom is 0.343 e. The van der Waals surface area contributed by atoms with Crippen LogP contribution in [-0.2, 0) is 0 Å². The monoisotopic (exact) mass is 746 g/mol. The number of benzene rings is 6. The Hall–Kier alpha value is -6.14. The predicted molar refractivity (Wildman–Crippen MR) is 226 cm³/mol. The molecule has 6 aromatic carbocycles. The minimum Gasteiger partial charge on any atom is -0.497 e. The van der Waals surface area contributed by atoms with Gasteiger partial charge >= 0.3 is 10.9 Å². The highest BCUT2D eigenvalue weighted by Crippen LogP contribution is 2.28. The number of ether oxygens (including phenoxy) is 4. The van der Waals surface area contributed by atoms with E-state index in [0.29, 0.717) is 26.4 Å². The topological polar surface area (TPSA) is 59.5 Å². The molecule has 0 atom stereocenters. The van der Waals surface area contributed by atoms with Crippen molar-refractivity contribution >= 4 is 11.1 Å². The molecule has 6 aromatic rings. The van der Waals surface area contributed by atoms with E-state index in [1.165, 1.54) is 0 Å². The van der Waals surface area contributed by atoms with Gasteiger partial charge in [-0.1, -0.05) is 62.4 Å². The van der Waals surface area contributed by atoms with E-state index < -0.39 is 0 Å². The van der Waals surface area contributed by atoms with Crippen LogP contribution in [0, 0.1) is 10.8 Å². The lowest BCUT2D eigenvalue weighted by molar-refractivity contribution is 0.110. The van der Waals surface area contributed by atoms with Gasteiger partial charge in [0, 0.05) is 29.7 Å². The molecule has 0 aliphatic carbocycles. The molecule has 7 aliphatic heterocycles. The van der Waals surface area contributed by atoms with Gasteiger partial charge in [-0.15, -0.1) is 0 Å². The van der Waals surface area contributed by atoms with Crippen LogP contribution in [0.1, 0.15) is 49.9 Å². The molecule has 7 heterocycles. The van der Waals surface area contributed by atoms with Gasteiger partial charge in [-0.2, -0.15) is 0 Å². The second-order valence-electron chi connectivity index (χ2n) is 15.8. The average Bonchev–Trinajstić information content (AvgIpc) is 3.23. The molecule has 13 rings (SSSR count). The first-order valence-electron chi connectivity index (χ1n) is 19.0. The van der Waals surface area contributed by atoms with Crippen molar-refractivity contribution < 1.29 is 18.9 Å². The van der Waals surface area contributed by atoms with Gasteiger partial charge in [0.2, 0.25) is 0 Å². The second-order valence-corrected chi connectivity index (χ2v) is 15.8. The molecule has 0 saturated heterocycles. The van der Waals surface area contributed by atoms with Crippen LogP contribution in [0.5, 0.6) is 23.0 Å². The number of hydrogen-bond donors (Lipinski definition) is 0. The molecular weight excluding hydrogens is 697 g/mol. The number of hydrogen-bond acceptors (Lipinski definition) is 4. The summed E-state index contributed by atoms with van der Waals surface area (Å²) in [6, 6.07) is 49.6. The van der Waals surface area contributed by atoms with Crippen molar-refractivity contribution in [3.8, 4) is 23.0 Å². The Kier molecular flexibility index (Phi) is 11.4. The smallest absolute Gasteiger partial charge is 0.343 e. The van der Waals surface area contributed by atoms with Crippen LogP contribution in [0.2, 0.25) is 0 Å². The summed E-state index contributed by atoms with van der Waals surface area (Å²) in [5.41, 5.74) is 7.65. The van der Waals surface area contributed by atoms with Crippen molar-refractivity contribution in [2.24, 2.45) is 10.8 Å². The fraction of sp³-hybridized carbons (Fsp3) is 0.240. The summed E-state index contributed by atoms with van der Waals surface area (Å²) in [4.78, 5) is 0. The highest BCUT2D eigenvalue weighted by Gasteiger charge is 2.30. The Bertz CT molecular complexity index is 2290. The predicted octanol–water partition coefficient (Wildman–Crippen LogP) is 7.95. The molecule has 0 spiro atoms. The normalized spacial score (nSPS) is 15.5. The maximum absolute atomic E-state index is 6.34. The van der Waals surface area contributed by atoms with Crippen LogP contribution in [0.3, 0.4) is 0 Å². The van der Waals surface area contributed by atoms with Crippen LogP contribution in [-0.4, -0.2) is 40.6 Å². The van der Waals surface area contributed by atoms with Gasteiger partial charge in [-0.3, -0.25) is 8.85 Å². The third-order valence-corrected chi connectivity index (χ3v) is 9.85. The van der Waals surface area contributed by atoms with Crippen molar-refractivity contribution in [1.29, 1.82) is 0 Å². The van der Waals surface area contributed by atoms with E-state index in [2.05, 4.69) is 100 Å². The molecular formula is C50H50O6+2. The Morgan fingerprint density at radius 1 is 0.411 bits per heavy atom. The molecule has 7 aliphatic rings. The van der Waals surface area contributed by atoms with Crippen molar-refractivity contribution in [2.75, 3.05) is 40.6 Å². The minimum atomic E-state index is -0.246. The first kappa shape index (κ1) is 38.1. The van der Waals surface area contributed by atoms with Gasteiger partial charge < -0.3 is 18.9 Å². The van der Waals surface area contributed by atoms with Gasteiger partial charge in [0.1, 0.15) is 28.4 Å². The van der Waals surface area contributed by atoms with Gasteiger partial charge in [-0.05, 0) is 130 Å². The van der Waals surface area contributed by atoms with Gasteiger partial charge in [0.25, 0.3) is 13.2 Å². The molecule has 0 N–H and O–H groups in total. The third-order valence-electron chi connectivity index (χ3n) is 9.85. The fourth-order valence-electron chi connectivity index (χ4n) is 6.58. The molecule has 0 aromatic heterocycles. The summed E-state index contributed by atoms with van der Waals surface area (Å²) in [5, 5.41) is 2.16. The Morgan fingerprint density at radius 2 is 0.732 bits per heavy atom. The quantitative estimate of drug-likeness (QED) is 0.172. The van der Waals surface area contributed by atoms with Gasteiger partial charge in [0.15, 0.2) is 0 Å². The highest BCUT2D eigenvalue weighted by atomic mass is 16.5. The lowest BCUT2D eigenvalue weighted by Gasteiger charge is -2.25. The molecule has 0 saturated carbocycles. The standard InChI is InChI=1S/C50H50O6/c1-49(2)31-53-43-23-11-37(12-24-43)47(35-7-19-41(51-5)20-8-35)39-15-27-45(28-16-39)55-33-50(3,4)34-56-46-29-17-40(18-30-46)48(36-9-21-42(52-6)22-10-36)38-13-25-44(26-14-38)54-32-49/h7-30H,31-34H2,1-6H3/q+2. The molecule has 0 radical (unpaired) electrons. The fourth-order valence-corrected chi connectivity index (χ4v) is 6.58. The highest BCUT2D eigenvalue weighted by molar-refractivity contribution is 5.80. The zero-order chi connectivity index (χ0) is 39.1. The average molecular weight is 747 g/mol. The summed E-state index contributed by atoms with van der Waals surface area (Å²) < 4.78 is 36.3. The molecule has 0 amide bonds. The van der Waals surface area contributed by atoms with Crippen LogP contribution in [0.25, 0.3) is 11.1 Å². The van der Waals surface area contributed by atoms with Crippen molar-refractivity contribution in [1.82, 2.24) is 0 Å². The largest absolute Gasteiger partial charge is 0.497 e. The SMILES string of the molecule is COc1ccc(C2=c3ccc(cc3)=[O+]CC(C)(C)C[O+]=c3ccc(cc3)=C(c3ccc(OC)cc3)c3ccc(cc3)OCC(C)(C)COc3ccc2cc3)cc1. The molecule has 6 heteroatoms. The first-order chi connectivity index (χ1) is 27.1. The minimum absolute atomic E-state index is 0.246. The van der Waals surface area contributed by atoms with Crippen LogP contribution < -0.4 is 40.2 Å². The third kappa shape index (κ3) is 9.38. The molecule has 284 valence electrons. The molecule has 56 heavy (non-hydrogen) atoms. The van der Waals surface area contributed by atoms with E-state index in [-0.39, 0.29) is 10.8 Å². The second kappa shape index (κ2) is 16.7. The van der Waals surface area contributed by atoms with Crippen LogP contribution in [0.4, 0.5) is 0 Å². The number of rotatable bonds is 4. The van der Waals surface area contributed by atoms with Gasteiger partial charge in [-0.25, -0.2) is 0 Å². The van der Waals surface area contributed by atoms with E-state index in [1.807, 2.05) is 72.8 Å². The van der Waals surface area contributed by atoms with E-state index in [1.54, 1.807) is 14.2 Å². The summed E-state index contributed by atoms with van der Waals surface area (Å²) in [5.74, 6) is 3.23. The van der Waals surface area contributed by atoms with Crippen molar-refractivity contribution in [3.63, 3.8) is 0 Å². The molecule has 0 fully saturated rings. The zero-order valence-corrected chi connectivity index (χ0v) is 33.1. The summed E-state index contributed by atoms with van der Waals surface area (Å²) >= 11 is 0. The van der Waals surface area contributed by atoms with E-state index in [4.69, 9.17) is 27.8 Å². The van der Waals surface area contributed by atoms with Crippen molar-refractivity contribution in [2.45, 2.75) is 27.7 Å². The van der Waals surface area contributed by atoms with E-state index in [9.17, 15) is 0 Å². The Labute approximate surface area is 329 Å².